The molecule has 2 amide bonds. The predicted octanol–water partition coefficient (Wildman–Crippen LogP) is 1.77. The number of hydrogen-bond acceptors (Lipinski definition) is 3. The highest BCUT2D eigenvalue weighted by molar-refractivity contribution is 14.0. The van der Waals surface area contributed by atoms with Crippen molar-refractivity contribution in [3.05, 3.63) is 0 Å². The minimum Gasteiger partial charge on any atom is -0.355 e. The average Bonchev–Trinajstić information content (AvgIpc) is 2.53. The fourth-order valence-corrected chi connectivity index (χ4v) is 2.96. The first-order valence-electron chi connectivity index (χ1n) is 9.32. The summed E-state index contributed by atoms with van der Waals surface area (Å²) in [5, 5.41) is 11.9. The van der Waals surface area contributed by atoms with Gasteiger partial charge in [0, 0.05) is 32.1 Å². The van der Waals surface area contributed by atoms with Crippen molar-refractivity contribution >= 4 is 41.8 Å². The van der Waals surface area contributed by atoms with Gasteiger partial charge in [-0.15, -0.1) is 24.0 Å². The molecule has 0 aliphatic heterocycles. The Hall–Kier alpha value is -1.06. The van der Waals surface area contributed by atoms with Crippen LogP contribution in [0.1, 0.15) is 59.3 Å². The van der Waals surface area contributed by atoms with Crippen molar-refractivity contribution < 1.29 is 9.59 Å². The molecule has 8 heteroatoms. The van der Waals surface area contributed by atoms with Crippen LogP contribution in [0.3, 0.4) is 0 Å². The summed E-state index contributed by atoms with van der Waals surface area (Å²) in [7, 11) is 1.65. The van der Waals surface area contributed by atoms with E-state index in [1.807, 2.05) is 20.8 Å². The highest BCUT2D eigenvalue weighted by Crippen LogP contribution is 2.25. The van der Waals surface area contributed by atoms with Crippen LogP contribution in [0, 0.1) is 5.92 Å². The maximum atomic E-state index is 11.9. The Morgan fingerprint density at radius 3 is 2.15 bits per heavy atom. The molecule has 1 rings (SSSR count). The largest absolute Gasteiger partial charge is 0.355 e. The zero-order valence-electron chi connectivity index (χ0n) is 16.6. The highest BCUT2D eigenvalue weighted by Gasteiger charge is 2.16. The molecule has 1 fully saturated rings. The minimum atomic E-state index is -0.252. The molecule has 0 saturated heterocycles. The van der Waals surface area contributed by atoms with Crippen LogP contribution in [0.25, 0.3) is 0 Å². The predicted molar refractivity (Wildman–Crippen MR) is 117 cm³/mol. The number of halogens is 1. The van der Waals surface area contributed by atoms with E-state index >= 15 is 0 Å². The third kappa shape index (κ3) is 12.3. The van der Waals surface area contributed by atoms with Crippen molar-refractivity contribution in [3.63, 3.8) is 0 Å². The molecule has 0 atom stereocenters. The zero-order chi connectivity index (χ0) is 18.7. The second-order valence-corrected chi connectivity index (χ2v) is 7.71. The van der Waals surface area contributed by atoms with Gasteiger partial charge in [0.05, 0.1) is 6.54 Å². The standard InChI is InChI=1S/C18H35N5O2.HI/c1-18(2,3)23-16(25)13-22-17(19-4)21-11-10-20-15(24)12-14-8-6-5-7-9-14;/h14H,5-13H2,1-4H3,(H,20,24)(H,23,25)(H2,19,21,22);1H. The van der Waals surface area contributed by atoms with E-state index in [1.165, 1.54) is 32.1 Å². The smallest absolute Gasteiger partial charge is 0.239 e. The summed E-state index contributed by atoms with van der Waals surface area (Å²) in [6.45, 7) is 7.08. The molecule has 0 unspecified atom stereocenters. The molecule has 0 heterocycles. The lowest BCUT2D eigenvalue weighted by atomic mass is 9.87. The fraction of sp³-hybridized carbons (Fsp3) is 0.833. The maximum absolute atomic E-state index is 11.9. The highest BCUT2D eigenvalue weighted by atomic mass is 127. The summed E-state index contributed by atoms with van der Waals surface area (Å²) in [5.74, 6) is 1.14. The van der Waals surface area contributed by atoms with Gasteiger partial charge < -0.3 is 21.3 Å². The van der Waals surface area contributed by atoms with Crippen LogP contribution in [0.5, 0.6) is 0 Å². The molecule has 0 bridgehead atoms. The van der Waals surface area contributed by atoms with Crippen molar-refractivity contribution in [2.75, 3.05) is 26.7 Å². The van der Waals surface area contributed by atoms with Gasteiger partial charge in [-0.2, -0.15) is 0 Å². The van der Waals surface area contributed by atoms with Crippen molar-refractivity contribution in [1.82, 2.24) is 21.3 Å². The van der Waals surface area contributed by atoms with Crippen LogP contribution in [0.15, 0.2) is 4.99 Å². The lowest BCUT2D eigenvalue weighted by Gasteiger charge is -2.21. The summed E-state index contributed by atoms with van der Waals surface area (Å²) in [4.78, 5) is 27.8. The van der Waals surface area contributed by atoms with Gasteiger partial charge in [0.2, 0.25) is 11.8 Å². The third-order valence-corrected chi connectivity index (χ3v) is 4.09. The van der Waals surface area contributed by atoms with Gasteiger partial charge >= 0.3 is 0 Å². The van der Waals surface area contributed by atoms with Crippen LogP contribution < -0.4 is 21.3 Å². The van der Waals surface area contributed by atoms with Crippen molar-refractivity contribution in [2.45, 2.75) is 64.8 Å². The van der Waals surface area contributed by atoms with Crippen molar-refractivity contribution in [2.24, 2.45) is 10.9 Å². The SMILES string of the molecule is CN=C(NCCNC(=O)CC1CCCCC1)NCC(=O)NC(C)(C)C.I. The molecule has 0 aromatic rings. The molecule has 26 heavy (non-hydrogen) atoms. The molecule has 0 spiro atoms. The molecular weight excluding hydrogens is 445 g/mol. The number of hydrogen-bond donors (Lipinski definition) is 4. The summed E-state index contributed by atoms with van der Waals surface area (Å²) < 4.78 is 0. The first-order valence-corrected chi connectivity index (χ1v) is 9.32. The maximum Gasteiger partial charge on any atom is 0.239 e. The second kappa shape index (κ2) is 13.2. The Labute approximate surface area is 174 Å². The summed E-state index contributed by atoms with van der Waals surface area (Å²) in [6, 6.07) is 0. The van der Waals surface area contributed by atoms with E-state index < -0.39 is 0 Å². The molecule has 0 aromatic heterocycles. The number of aliphatic imine (C=N–C) groups is 1. The number of nitrogens with zero attached hydrogens (tertiary/aromatic N) is 1. The monoisotopic (exact) mass is 481 g/mol. The molecule has 4 N–H and O–H groups in total. The molecule has 1 aliphatic rings. The minimum absolute atomic E-state index is 0. The van der Waals surface area contributed by atoms with Gasteiger partial charge in [0.15, 0.2) is 5.96 Å². The first-order chi connectivity index (χ1) is 11.8. The van der Waals surface area contributed by atoms with E-state index in [0.717, 1.165) is 0 Å². The molecule has 0 aromatic carbocycles. The lowest BCUT2D eigenvalue weighted by molar-refractivity contribution is -0.122. The Morgan fingerprint density at radius 1 is 0.962 bits per heavy atom. The second-order valence-electron chi connectivity index (χ2n) is 7.71. The van der Waals surface area contributed by atoms with E-state index in [2.05, 4.69) is 26.3 Å². The van der Waals surface area contributed by atoms with Crippen LogP contribution in [0.2, 0.25) is 0 Å². The molecular formula is C18H36IN5O2. The number of carbonyl (C=O) groups is 2. The van der Waals surface area contributed by atoms with Gasteiger partial charge in [0.1, 0.15) is 0 Å². The van der Waals surface area contributed by atoms with E-state index in [9.17, 15) is 9.59 Å². The zero-order valence-corrected chi connectivity index (χ0v) is 18.9. The normalized spacial score (nSPS) is 15.6. The van der Waals surface area contributed by atoms with E-state index in [4.69, 9.17) is 0 Å². The number of rotatable bonds is 7. The first kappa shape index (κ1) is 24.9. The average molecular weight is 481 g/mol. The van der Waals surface area contributed by atoms with Crippen LogP contribution in [-0.4, -0.2) is 50.0 Å². The Kier molecular flexibility index (Phi) is 12.6. The summed E-state index contributed by atoms with van der Waals surface area (Å²) in [5.41, 5.74) is -0.252. The fourth-order valence-electron chi connectivity index (χ4n) is 2.96. The number of amides is 2. The molecule has 1 aliphatic carbocycles. The molecule has 7 nitrogen and oxygen atoms in total. The van der Waals surface area contributed by atoms with Crippen LogP contribution >= 0.6 is 24.0 Å². The number of nitrogens with one attached hydrogen (secondary N) is 4. The molecule has 152 valence electrons. The van der Waals surface area contributed by atoms with Gasteiger partial charge in [-0.05, 0) is 39.5 Å². The van der Waals surface area contributed by atoms with Gasteiger partial charge in [-0.1, -0.05) is 19.3 Å². The summed E-state index contributed by atoms with van der Waals surface area (Å²) in [6.07, 6.45) is 6.81. The lowest BCUT2D eigenvalue weighted by Crippen LogP contribution is -2.49. The number of carbonyl (C=O) groups excluding carboxylic acids is 2. The van der Waals surface area contributed by atoms with Gasteiger partial charge in [0.25, 0.3) is 0 Å². The van der Waals surface area contributed by atoms with E-state index in [1.54, 1.807) is 7.05 Å². The van der Waals surface area contributed by atoms with Crippen LogP contribution in [0.4, 0.5) is 0 Å². The topological polar surface area (TPSA) is 94.6 Å². The molecule has 0 radical (unpaired) electrons. The third-order valence-electron chi connectivity index (χ3n) is 4.09. The Balaban J connectivity index is 0.00000625. The molecule has 1 saturated carbocycles. The van der Waals surface area contributed by atoms with Gasteiger partial charge in [-0.3, -0.25) is 14.6 Å². The van der Waals surface area contributed by atoms with E-state index in [0.29, 0.717) is 31.4 Å². The number of guanidine groups is 1. The quantitative estimate of drug-likeness (QED) is 0.193. The Bertz CT molecular complexity index is 457. The van der Waals surface area contributed by atoms with Crippen molar-refractivity contribution in [3.8, 4) is 0 Å². The van der Waals surface area contributed by atoms with E-state index in [-0.39, 0.29) is 47.9 Å². The van der Waals surface area contributed by atoms with Crippen LogP contribution in [-0.2, 0) is 9.59 Å². The summed E-state index contributed by atoms with van der Waals surface area (Å²) >= 11 is 0. The van der Waals surface area contributed by atoms with Crippen molar-refractivity contribution in [1.29, 1.82) is 0 Å². The Morgan fingerprint density at radius 2 is 1.58 bits per heavy atom. The van der Waals surface area contributed by atoms with Gasteiger partial charge in [-0.25, -0.2) is 0 Å².